The van der Waals surface area contributed by atoms with Crippen LogP contribution in [0, 0.1) is 0 Å². The molecule has 25 heavy (non-hydrogen) atoms. The Morgan fingerprint density at radius 3 is 2.92 bits per heavy atom. The molecule has 2 aromatic rings. The van der Waals surface area contributed by atoms with Gasteiger partial charge in [0.15, 0.2) is 11.5 Å². The summed E-state index contributed by atoms with van der Waals surface area (Å²) in [5, 5.41) is 2.54. The van der Waals surface area contributed by atoms with Crippen LogP contribution < -0.4 is 9.47 Å². The molecule has 1 aliphatic carbocycles. The standard InChI is InChI=1S/C19H18ClNO3S/c20-16-10-13(11-17-19(16)24-8-7-23-17)3-6-18(22)21(14-4-5-14)12-15-2-1-9-25-15/h1-3,6,9-11,14H,4-5,7-8,12H2/b6-3+. The van der Waals surface area contributed by atoms with E-state index in [1.54, 1.807) is 29.6 Å². The first-order valence-corrected chi connectivity index (χ1v) is 9.56. The van der Waals surface area contributed by atoms with E-state index >= 15 is 0 Å². The van der Waals surface area contributed by atoms with Crippen LogP contribution in [0.15, 0.2) is 35.7 Å². The number of rotatable bonds is 5. The molecular formula is C19H18ClNO3S. The Balaban J connectivity index is 1.50. The maximum absolute atomic E-state index is 12.7. The summed E-state index contributed by atoms with van der Waals surface area (Å²) in [6.07, 6.45) is 5.57. The lowest BCUT2D eigenvalue weighted by atomic mass is 10.1. The number of fused-ring (bicyclic) bond motifs is 1. The van der Waals surface area contributed by atoms with Gasteiger partial charge in [-0.05, 0) is 48.1 Å². The zero-order chi connectivity index (χ0) is 17.2. The summed E-state index contributed by atoms with van der Waals surface area (Å²) in [5.41, 5.74) is 0.828. The Bertz CT molecular complexity index is 799. The van der Waals surface area contributed by atoms with E-state index in [0.29, 0.717) is 42.3 Å². The average Bonchev–Trinajstić information content (AvgIpc) is 3.33. The average molecular weight is 376 g/mol. The Kier molecular flexibility index (Phi) is 4.68. The first-order valence-electron chi connectivity index (χ1n) is 8.31. The molecule has 1 fully saturated rings. The zero-order valence-electron chi connectivity index (χ0n) is 13.6. The van der Waals surface area contributed by atoms with Crippen LogP contribution in [0.2, 0.25) is 5.02 Å². The van der Waals surface area contributed by atoms with Crippen molar-refractivity contribution in [3.63, 3.8) is 0 Å². The van der Waals surface area contributed by atoms with Gasteiger partial charge in [-0.3, -0.25) is 4.79 Å². The second kappa shape index (κ2) is 7.10. The van der Waals surface area contributed by atoms with E-state index in [2.05, 4.69) is 6.07 Å². The second-order valence-corrected chi connectivity index (χ2v) is 7.58. The number of carbonyl (C=O) groups is 1. The van der Waals surface area contributed by atoms with Gasteiger partial charge in [-0.25, -0.2) is 0 Å². The molecule has 0 radical (unpaired) electrons. The summed E-state index contributed by atoms with van der Waals surface area (Å²) in [6.45, 7) is 1.68. The molecule has 6 heteroatoms. The van der Waals surface area contributed by atoms with Crippen molar-refractivity contribution in [2.75, 3.05) is 13.2 Å². The van der Waals surface area contributed by atoms with Crippen molar-refractivity contribution in [2.24, 2.45) is 0 Å². The highest BCUT2D eigenvalue weighted by atomic mass is 35.5. The van der Waals surface area contributed by atoms with Crippen molar-refractivity contribution in [2.45, 2.75) is 25.4 Å². The number of hydrogen-bond donors (Lipinski definition) is 0. The maximum atomic E-state index is 12.7. The lowest BCUT2D eigenvalue weighted by molar-refractivity contribution is -0.127. The molecule has 0 atom stereocenters. The molecule has 0 spiro atoms. The molecule has 2 aliphatic rings. The van der Waals surface area contributed by atoms with Crippen molar-refractivity contribution >= 4 is 34.9 Å². The van der Waals surface area contributed by atoms with E-state index in [4.69, 9.17) is 21.1 Å². The molecule has 4 rings (SSSR count). The highest BCUT2D eigenvalue weighted by molar-refractivity contribution is 7.09. The van der Waals surface area contributed by atoms with Crippen molar-refractivity contribution in [1.82, 2.24) is 4.90 Å². The van der Waals surface area contributed by atoms with Gasteiger partial charge in [-0.2, -0.15) is 0 Å². The van der Waals surface area contributed by atoms with Gasteiger partial charge in [-0.15, -0.1) is 11.3 Å². The Labute approximate surface area is 155 Å². The molecule has 1 aliphatic heterocycles. The van der Waals surface area contributed by atoms with E-state index in [9.17, 15) is 4.79 Å². The summed E-state index contributed by atoms with van der Waals surface area (Å²) in [5.74, 6) is 1.24. The number of halogens is 1. The molecule has 4 nitrogen and oxygen atoms in total. The molecular weight excluding hydrogens is 358 g/mol. The van der Waals surface area contributed by atoms with E-state index in [1.807, 2.05) is 22.4 Å². The van der Waals surface area contributed by atoms with Crippen LogP contribution in [0.4, 0.5) is 0 Å². The fourth-order valence-electron chi connectivity index (χ4n) is 2.83. The van der Waals surface area contributed by atoms with Crippen LogP contribution in [0.1, 0.15) is 23.3 Å². The number of hydrogen-bond acceptors (Lipinski definition) is 4. The smallest absolute Gasteiger partial charge is 0.247 e. The van der Waals surface area contributed by atoms with Gasteiger partial charge in [0.2, 0.25) is 5.91 Å². The third-order valence-corrected chi connectivity index (χ3v) is 5.36. The SMILES string of the molecule is O=C(/C=C/c1cc(Cl)c2c(c1)OCCO2)N(Cc1cccs1)C1CC1. The minimum atomic E-state index is 0.0295. The highest BCUT2D eigenvalue weighted by Gasteiger charge is 2.31. The van der Waals surface area contributed by atoms with Crippen molar-refractivity contribution in [1.29, 1.82) is 0 Å². The molecule has 2 heterocycles. The largest absolute Gasteiger partial charge is 0.486 e. The van der Waals surface area contributed by atoms with E-state index in [0.717, 1.165) is 18.4 Å². The molecule has 1 saturated carbocycles. The van der Waals surface area contributed by atoms with Crippen molar-refractivity contribution < 1.29 is 14.3 Å². The summed E-state index contributed by atoms with van der Waals surface area (Å²) < 4.78 is 11.1. The number of benzene rings is 1. The first kappa shape index (κ1) is 16.5. The van der Waals surface area contributed by atoms with E-state index < -0.39 is 0 Å². The fraction of sp³-hybridized carbons (Fsp3) is 0.316. The summed E-state index contributed by atoms with van der Waals surface area (Å²) >= 11 is 7.93. The molecule has 1 amide bonds. The normalized spacial score (nSPS) is 16.2. The summed E-state index contributed by atoms with van der Waals surface area (Å²) in [6, 6.07) is 8.09. The van der Waals surface area contributed by atoms with Crippen LogP contribution >= 0.6 is 22.9 Å². The molecule has 1 aromatic heterocycles. The molecule has 0 unspecified atom stereocenters. The Hall–Kier alpha value is -1.98. The fourth-order valence-corrected chi connectivity index (χ4v) is 3.81. The van der Waals surface area contributed by atoms with Gasteiger partial charge < -0.3 is 14.4 Å². The van der Waals surface area contributed by atoms with Gasteiger partial charge in [0.1, 0.15) is 13.2 Å². The van der Waals surface area contributed by atoms with Gasteiger partial charge in [0.25, 0.3) is 0 Å². The maximum Gasteiger partial charge on any atom is 0.247 e. The van der Waals surface area contributed by atoms with E-state index in [-0.39, 0.29) is 5.91 Å². The Morgan fingerprint density at radius 2 is 2.16 bits per heavy atom. The zero-order valence-corrected chi connectivity index (χ0v) is 15.2. The lowest BCUT2D eigenvalue weighted by Crippen LogP contribution is -2.30. The van der Waals surface area contributed by atoms with Crippen LogP contribution in [-0.4, -0.2) is 30.1 Å². The minimum absolute atomic E-state index is 0.0295. The number of thiophene rings is 1. The third-order valence-electron chi connectivity index (χ3n) is 4.21. The third kappa shape index (κ3) is 3.83. The van der Waals surface area contributed by atoms with Crippen molar-refractivity contribution in [3.05, 3.63) is 51.2 Å². The Morgan fingerprint density at radius 1 is 1.32 bits per heavy atom. The molecule has 130 valence electrons. The lowest BCUT2D eigenvalue weighted by Gasteiger charge is -2.20. The molecule has 0 bridgehead atoms. The molecule has 1 aromatic carbocycles. The molecule has 0 saturated heterocycles. The van der Waals surface area contributed by atoms with Gasteiger partial charge in [0, 0.05) is 17.0 Å². The van der Waals surface area contributed by atoms with Gasteiger partial charge in [0.05, 0.1) is 11.6 Å². The predicted molar refractivity (Wildman–Crippen MR) is 99.4 cm³/mol. The quantitative estimate of drug-likeness (QED) is 0.728. The predicted octanol–water partition coefficient (Wildman–Crippen LogP) is 4.38. The number of amides is 1. The monoisotopic (exact) mass is 375 g/mol. The highest BCUT2D eigenvalue weighted by Crippen LogP contribution is 2.38. The van der Waals surface area contributed by atoms with Crippen LogP contribution in [0.3, 0.4) is 0 Å². The number of ether oxygens (including phenoxy) is 2. The van der Waals surface area contributed by atoms with Gasteiger partial charge in [-0.1, -0.05) is 17.7 Å². The molecule has 0 N–H and O–H groups in total. The number of carbonyl (C=O) groups excluding carboxylic acids is 1. The summed E-state index contributed by atoms with van der Waals surface area (Å²) in [7, 11) is 0. The van der Waals surface area contributed by atoms with Crippen molar-refractivity contribution in [3.8, 4) is 11.5 Å². The van der Waals surface area contributed by atoms with Crippen LogP contribution in [0.5, 0.6) is 11.5 Å². The van der Waals surface area contributed by atoms with Gasteiger partial charge >= 0.3 is 0 Å². The number of nitrogens with zero attached hydrogens (tertiary/aromatic N) is 1. The van der Waals surface area contributed by atoms with Crippen LogP contribution in [0.25, 0.3) is 6.08 Å². The summed E-state index contributed by atoms with van der Waals surface area (Å²) in [4.78, 5) is 15.8. The minimum Gasteiger partial charge on any atom is -0.486 e. The second-order valence-electron chi connectivity index (χ2n) is 6.14. The van der Waals surface area contributed by atoms with E-state index in [1.165, 1.54) is 4.88 Å². The topological polar surface area (TPSA) is 38.8 Å². The first-order chi connectivity index (χ1) is 12.2. The van der Waals surface area contributed by atoms with Crippen LogP contribution in [-0.2, 0) is 11.3 Å².